The fourth-order valence-electron chi connectivity index (χ4n) is 3.52. The molecule has 1 aliphatic rings. The van der Waals surface area contributed by atoms with Gasteiger partial charge < -0.3 is 14.4 Å². The van der Waals surface area contributed by atoms with Crippen LogP contribution in [0.15, 0.2) is 42.0 Å². The van der Waals surface area contributed by atoms with E-state index in [1.54, 1.807) is 18.2 Å². The van der Waals surface area contributed by atoms with E-state index in [0.29, 0.717) is 12.1 Å². The van der Waals surface area contributed by atoms with Crippen molar-refractivity contribution < 1.29 is 19.0 Å². The first-order valence-electron chi connectivity index (χ1n) is 8.40. The number of rotatable bonds is 5. The van der Waals surface area contributed by atoms with Gasteiger partial charge >= 0.3 is 5.97 Å². The maximum atomic E-state index is 13.8. The number of carbonyl (C=O) groups is 1. The third-order valence-corrected chi connectivity index (χ3v) is 4.82. The van der Waals surface area contributed by atoms with E-state index >= 15 is 0 Å². The third kappa shape index (κ3) is 3.37. The van der Waals surface area contributed by atoms with Gasteiger partial charge in [-0.3, -0.25) is 0 Å². The zero-order valence-corrected chi connectivity index (χ0v) is 14.5. The summed E-state index contributed by atoms with van der Waals surface area (Å²) in [5.41, 5.74) is 3.65. The molecule has 3 rings (SSSR count). The number of fused-ring (bicyclic) bond motifs is 1. The number of carbonyl (C=O) groups excluding carboxylic acids is 1. The van der Waals surface area contributed by atoms with Gasteiger partial charge in [-0.15, -0.1) is 0 Å². The highest BCUT2D eigenvalue weighted by atomic mass is 19.1. The van der Waals surface area contributed by atoms with Crippen molar-refractivity contribution in [1.82, 2.24) is 4.57 Å². The van der Waals surface area contributed by atoms with E-state index in [1.807, 2.05) is 23.6 Å². The van der Waals surface area contributed by atoms with Crippen LogP contribution in [-0.4, -0.2) is 29.4 Å². The Kier molecular flexibility index (Phi) is 5.04. The van der Waals surface area contributed by atoms with Gasteiger partial charge in [0.05, 0.1) is 19.3 Å². The minimum atomic E-state index is -0.326. The number of esters is 1. The minimum absolute atomic E-state index is 0.0377. The average molecular weight is 343 g/mol. The first-order chi connectivity index (χ1) is 12.0. The summed E-state index contributed by atoms with van der Waals surface area (Å²) < 4.78 is 20.5. The Bertz CT molecular complexity index is 863. The molecule has 0 aliphatic heterocycles. The lowest BCUT2D eigenvalue weighted by atomic mass is 9.90. The van der Waals surface area contributed by atoms with Crippen LogP contribution in [0.4, 0.5) is 4.39 Å². The molecular weight excluding hydrogens is 321 g/mol. The smallest absolute Gasteiger partial charge is 0.337 e. The first-order valence-corrected chi connectivity index (χ1v) is 8.40. The van der Waals surface area contributed by atoms with E-state index in [9.17, 15) is 14.3 Å². The standard InChI is InChI=1S/C20H22FNO3/c1-13-17(11-14-3-5-15(6-4-14)20(24)25-2)18-12-16(21)7-8-19(18)22(13)9-10-23/h3,5-8,12,14,23H,4,9-11H2,1-2H3. The Morgan fingerprint density at radius 2 is 2.24 bits per heavy atom. The van der Waals surface area contributed by atoms with Gasteiger partial charge in [0.2, 0.25) is 0 Å². The Labute approximate surface area is 146 Å². The Hall–Kier alpha value is -2.40. The molecule has 0 saturated carbocycles. The molecule has 1 unspecified atom stereocenters. The van der Waals surface area contributed by atoms with Gasteiger partial charge in [0.25, 0.3) is 0 Å². The number of allylic oxidation sites excluding steroid dienone is 2. The van der Waals surface area contributed by atoms with Crippen molar-refractivity contribution in [2.24, 2.45) is 5.92 Å². The Balaban J connectivity index is 1.91. The van der Waals surface area contributed by atoms with E-state index < -0.39 is 0 Å². The van der Waals surface area contributed by atoms with Crippen LogP contribution in [0.5, 0.6) is 0 Å². The van der Waals surface area contributed by atoms with E-state index in [2.05, 4.69) is 0 Å². The Morgan fingerprint density at radius 3 is 2.88 bits per heavy atom. The molecule has 1 aromatic heterocycles. The zero-order chi connectivity index (χ0) is 18.0. The minimum Gasteiger partial charge on any atom is -0.465 e. The van der Waals surface area contributed by atoms with Crippen LogP contribution in [0, 0.1) is 18.7 Å². The molecule has 1 atom stereocenters. The molecule has 1 aromatic carbocycles. The predicted molar refractivity (Wildman–Crippen MR) is 94.8 cm³/mol. The van der Waals surface area contributed by atoms with Crippen LogP contribution in [0.3, 0.4) is 0 Å². The lowest BCUT2D eigenvalue weighted by molar-refractivity contribution is -0.135. The predicted octanol–water partition coefficient (Wildman–Crippen LogP) is 3.30. The number of halogens is 1. The fourth-order valence-corrected chi connectivity index (χ4v) is 3.52. The van der Waals surface area contributed by atoms with Gasteiger partial charge in [0.15, 0.2) is 0 Å². The van der Waals surface area contributed by atoms with Gasteiger partial charge in [0, 0.05) is 23.1 Å². The second-order valence-corrected chi connectivity index (χ2v) is 6.31. The number of nitrogens with zero attached hydrogens (tertiary/aromatic N) is 1. The molecule has 2 aromatic rings. The largest absolute Gasteiger partial charge is 0.465 e. The highest BCUT2D eigenvalue weighted by molar-refractivity contribution is 5.91. The van der Waals surface area contributed by atoms with Crippen molar-refractivity contribution in [3.8, 4) is 0 Å². The number of aliphatic hydroxyl groups is 1. The number of benzene rings is 1. The van der Waals surface area contributed by atoms with Crippen molar-refractivity contribution in [2.45, 2.75) is 26.3 Å². The molecule has 1 N–H and O–H groups in total. The van der Waals surface area contributed by atoms with E-state index in [0.717, 1.165) is 35.0 Å². The van der Waals surface area contributed by atoms with Crippen molar-refractivity contribution in [2.75, 3.05) is 13.7 Å². The summed E-state index contributed by atoms with van der Waals surface area (Å²) in [5.74, 6) is -0.349. The van der Waals surface area contributed by atoms with Crippen LogP contribution >= 0.6 is 0 Å². The second kappa shape index (κ2) is 7.23. The molecule has 4 nitrogen and oxygen atoms in total. The highest BCUT2D eigenvalue weighted by Gasteiger charge is 2.19. The molecule has 1 aliphatic carbocycles. The lowest BCUT2D eigenvalue weighted by Gasteiger charge is -2.16. The summed E-state index contributed by atoms with van der Waals surface area (Å²) >= 11 is 0. The van der Waals surface area contributed by atoms with Crippen molar-refractivity contribution in [3.63, 3.8) is 0 Å². The molecule has 0 radical (unpaired) electrons. The topological polar surface area (TPSA) is 51.5 Å². The normalized spacial score (nSPS) is 17.0. The quantitative estimate of drug-likeness (QED) is 0.848. The lowest BCUT2D eigenvalue weighted by Crippen LogP contribution is -2.10. The molecule has 0 saturated heterocycles. The monoisotopic (exact) mass is 343 g/mol. The summed E-state index contributed by atoms with van der Waals surface area (Å²) in [4.78, 5) is 11.6. The zero-order valence-electron chi connectivity index (χ0n) is 14.5. The fraction of sp³-hybridized carbons (Fsp3) is 0.350. The van der Waals surface area contributed by atoms with Crippen LogP contribution in [0.2, 0.25) is 0 Å². The van der Waals surface area contributed by atoms with Gasteiger partial charge in [0.1, 0.15) is 5.82 Å². The maximum Gasteiger partial charge on any atom is 0.337 e. The molecule has 132 valence electrons. The third-order valence-electron chi connectivity index (χ3n) is 4.82. The van der Waals surface area contributed by atoms with E-state index in [1.165, 1.54) is 13.2 Å². The average Bonchev–Trinajstić information content (AvgIpc) is 2.87. The molecule has 0 spiro atoms. The number of methoxy groups -OCH3 is 1. The summed E-state index contributed by atoms with van der Waals surface area (Å²) in [6.45, 7) is 2.53. The van der Waals surface area contributed by atoms with Crippen molar-refractivity contribution >= 4 is 16.9 Å². The SMILES string of the molecule is COC(=O)C1=CCC(Cc2c(C)n(CCO)c3ccc(F)cc23)C=C1. The Morgan fingerprint density at radius 1 is 1.44 bits per heavy atom. The summed E-state index contributed by atoms with van der Waals surface area (Å²) in [6, 6.07) is 4.78. The number of aromatic nitrogens is 1. The van der Waals surface area contributed by atoms with Crippen molar-refractivity contribution in [3.05, 3.63) is 59.1 Å². The number of ether oxygens (including phenoxy) is 1. The molecule has 25 heavy (non-hydrogen) atoms. The van der Waals surface area contributed by atoms with Crippen LogP contribution in [-0.2, 0) is 22.5 Å². The van der Waals surface area contributed by atoms with Gasteiger partial charge in [-0.1, -0.05) is 18.2 Å². The molecule has 1 heterocycles. The van der Waals surface area contributed by atoms with Gasteiger partial charge in [-0.05, 0) is 49.4 Å². The molecule has 0 amide bonds. The van der Waals surface area contributed by atoms with Crippen LogP contribution in [0.25, 0.3) is 10.9 Å². The van der Waals surface area contributed by atoms with E-state index in [-0.39, 0.29) is 24.3 Å². The molecule has 0 bridgehead atoms. The van der Waals surface area contributed by atoms with Gasteiger partial charge in [-0.25, -0.2) is 9.18 Å². The van der Waals surface area contributed by atoms with Gasteiger partial charge in [-0.2, -0.15) is 0 Å². The number of hydrogen-bond donors (Lipinski definition) is 1. The summed E-state index contributed by atoms with van der Waals surface area (Å²) in [6.07, 6.45) is 7.19. The molecule has 0 fully saturated rings. The summed E-state index contributed by atoms with van der Waals surface area (Å²) in [5, 5.41) is 10.2. The number of hydrogen-bond acceptors (Lipinski definition) is 3. The second-order valence-electron chi connectivity index (χ2n) is 6.31. The van der Waals surface area contributed by atoms with Crippen LogP contribution < -0.4 is 0 Å². The summed E-state index contributed by atoms with van der Waals surface area (Å²) in [7, 11) is 1.37. The van der Waals surface area contributed by atoms with Crippen LogP contribution in [0.1, 0.15) is 17.7 Å². The van der Waals surface area contributed by atoms with E-state index in [4.69, 9.17) is 4.74 Å². The molecular formula is C20H22FNO3. The highest BCUT2D eigenvalue weighted by Crippen LogP contribution is 2.31. The maximum absolute atomic E-state index is 13.8. The molecule has 5 heteroatoms. The first kappa shape index (κ1) is 17.4. The number of aliphatic hydroxyl groups excluding tert-OH is 1. The van der Waals surface area contributed by atoms with Crippen molar-refractivity contribution in [1.29, 1.82) is 0 Å².